The Hall–Kier alpha value is -0.995. The highest BCUT2D eigenvalue weighted by Crippen LogP contribution is 2.26. The van der Waals surface area contributed by atoms with E-state index in [9.17, 15) is 0 Å². The van der Waals surface area contributed by atoms with E-state index in [4.69, 9.17) is 15.0 Å². The summed E-state index contributed by atoms with van der Waals surface area (Å²) in [6.07, 6.45) is 0.0973. The molecular weight excluding hydrogens is 189 g/mol. The van der Waals surface area contributed by atoms with Crippen LogP contribution in [0.3, 0.4) is 0 Å². The molecule has 3 nitrogen and oxygen atoms in total. The molecule has 1 saturated heterocycles. The van der Waals surface area contributed by atoms with Crippen LogP contribution in [-0.2, 0) is 9.31 Å². The van der Waals surface area contributed by atoms with Crippen LogP contribution in [0.5, 0.6) is 0 Å². The highest BCUT2D eigenvalue weighted by molar-refractivity contribution is 6.62. The van der Waals surface area contributed by atoms with Gasteiger partial charge in [-0.1, -0.05) is 12.1 Å². The van der Waals surface area contributed by atoms with Crippen LogP contribution in [0.2, 0.25) is 0 Å². The third-order valence-corrected chi connectivity index (χ3v) is 2.93. The Balaban J connectivity index is 2.17. The summed E-state index contributed by atoms with van der Waals surface area (Å²) in [5, 5.41) is 0. The maximum atomic E-state index is 5.82. The van der Waals surface area contributed by atoms with Crippen molar-refractivity contribution in [3.63, 3.8) is 0 Å². The van der Waals surface area contributed by atoms with Gasteiger partial charge in [0.05, 0.1) is 11.7 Å². The first-order chi connectivity index (χ1) is 6.99. The first kappa shape index (κ1) is 10.5. The van der Waals surface area contributed by atoms with E-state index in [1.807, 2.05) is 45.0 Å². The van der Waals surface area contributed by atoms with Crippen molar-refractivity contribution in [1.82, 2.24) is 0 Å². The highest BCUT2D eigenvalue weighted by atomic mass is 16.7. The maximum absolute atomic E-state index is 5.82. The topological polar surface area (TPSA) is 44.5 Å². The van der Waals surface area contributed by atoms with Crippen molar-refractivity contribution in [1.29, 1.82) is 0 Å². The summed E-state index contributed by atoms with van der Waals surface area (Å²) >= 11 is 0. The fourth-order valence-corrected chi connectivity index (χ4v) is 1.55. The lowest BCUT2D eigenvalue weighted by atomic mass is 9.79. The Labute approximate surface area is 90.7 Å². The van der Waals surface area contributed by atoms with Crippen LogP contribution in [0.25, 0.3) is 0 Å². The number of nitrogen functional groups attached to an aromatic ring is 1. The zero-order chi connectivity index (χ0) is 11.1. The SMILES string of the molecule is CC1OB(c2ccc(N)cc2)OC1(C)C. The summed E-state index contributed by atoms with van der Waals surface area (Å²) in [6, 6.07) is 7.60. The van der Waals surface area contributed by atoms with E-state index in [1.54, 1.807) is 0 Å². The molecule has 0 aromatic heterocycles. The maximum Gasteiger partial charge on any atom is 0.494 e. The van der Waals surface area contributed by atoms with Crippen LogP contribution in [0.4, 0.5) is 5.69 Å². The molecule has 1 aliphatic heterocycles. The average Bonchev–Trinajstić information content (AvgIpc) is 2.42. The van der Waals surface area contributed by atoms with Gasteiger partial charge in [0.15, 0.2) is 0 Å². The molecule has 15 heavy (non-hydrogen) atoms. The molecule has 4 heteroatoms. The number of hydrogen-bond donors (Lipinski definition) is 1. The van der Waals surface area contributed by atoms with E-state index in [0.29, 0.717) is 0 Å². The summed E-state index contributed by atoms with van der Waals surface area (Å²) in [4.78, 5) is 0. The predicted octanol–water partition coefficient (Wildman–Crippen LogP) is 1.18. The minimum Gasteiger partial charge on any atom is -0.402 e. The van der Waals surface area contributed by atoms with Crippen molar-refractivity contribution in [2.75, 3.05) is 5.73 Å². The van der Waals surface area contributed by atoms with Crippen LogP contribution in [0, 0.1) is 0 Å². The first-order valence-electron chi connectivity index (χ1n) is 5.18. The lowest BCUT2D eigenvalue weighted by molar-refractivity contribution is 0.0842. The molecule has 1 aromatic carbocycles. The summed E-state index contributed by atoms with van der Waals surface area (Å²) in [6.45, 7) is 6.10. The Bertz CT molecular complexity index is 350. The number of hydrogen-bond acceptors (Lipinski definition) is 3. The summed E-state index contributed by atoms with van der Waals surface area (Å²) in [7, 11) is -0.268. The van der Waals surface area contributed by atoms with Crippen LogP contribution >= 0.6 is 0 Å². The van der Waals surface area contributed by atoms with E-state index < -0.39 is 0 Å². The molecule has 2 rings (SSSR count). The second-order valence-electron chi connectivity index (χ2n) is 4.50. The van der Waals surface area contributed by atoms with Crippen molar-refractivity contribution in [2.24, 2.45) is 0 Å². The van der Waals surface area contributed by atoms with Gasteiger partial charge < -0.3 is 15.0 Å². The molecule has 1 fully saturated rings. The molecule has 1 heterocycles. The van der Waals surface area contributed by atoms with E-state index >= 15 is 0 Å². The smallest absolute Gasteiger partial charge is 0.402 e. The monoisotopic (exact) mass is 205 g/mol. The van der Waals surface area contributed by atoms with Crippen molar-refractivity contribution >= 4 is 18.3 Å². The van der Waals surface area contributed by atoms with Gasteiger partial charge >= 0.3 is 7.12 Å². The van der Waals surface area contributed by atoms with E-state index in [2.05, 4.69) is 0 Å². The van der Waals surface area contributed by atoms with Gasteiger partial charge in [0.25, 0.3) is 0 Å². The van der Waals surface area contributed by atoms with E-state index in [-0.39, 0.29) is 18.8 Å². The number of nitrogens with two attached hydrogens (primary N) is 1. The number of anilines is 1. The standard InChI is InChI=1S/C11H16BNO2/c1-8-11(2,3)15-12(14-8)9-4-6-10(13)7-5-9/h4-8H,13H2,1-3H3. The summed E-state index contributed by atoms with van der Waals surface area (Å²) < 4.78 is 11.6. The van der Waals surface area contributed by atoms with Crippen molar-refractivity contribution in [3.05, 3.63) is 24.3 Å². The average molecular weight is 205 g/mol. The fourth-order valence-electron chi connectivity index (χ4n) is 1.55. The van der Waals surface area contributed by atoms with Gasteiger partial charge in [0, 0.05) is 5.69 Å². The van der Waals surface area contributed by atoms with Crippen LogP contribution in [0.1, 0.15) is 20.8 Å². The Morgan fingerprint density at radius 3 is 2.33 bits per heavy atom. The number of rotatable bonds is 1. The van der Waals surface area contributed by atoms with Crippen LogP contribution in [0.15, 0.2) is 24.3 Å². The molecule has 1 aromatic rings. The van der Waals surface area contributed by atoms with Gasteiger partial charge in [-0.2, -0.15) is 0 Å². The summed E-state index contributed by atoms with van der Waals surface area (Å²) in [5.74, 6) is 0. The van der Waals surface area contributed by atoms with Crippen molar-refractivity contribution in [2.45, 2.75) is 32.5 Å². The largest absolute Gasteiger partial charge is 0.494 e. The van der Waals surface area contributed by atoms with Gasteiger partial charge in [-0.3, -0.25) is 0 Å². The second kappa shape index (κ2) is 3.54. The molecule has 1 atom stereocenters. The van der Waals surface area contributed by atoms with Crippen LogP contribution < -0.4 is 11.2 Å². The second-order valence-corrected chi connectivity index (χ2v) is 4.50. The van der Waals surface area contributed by atoms with Gasteiger partial charge in [0.2, 0.25) is 0 Å². The Kier molecular flexibility index (Phi) is 2.48. The normalized spacial score (nSPS) is 24.5. The Morgan fingerprint density at radius 1 is 1.27 bits per heavy atom. The fraction of sp³-hybridized carbons (Fsp3) is 0.455. The van der Waals surface area contributed by atoms with Gasteiger partial charge in [-0.05, 0) is 38.4 Å². The predicted molar refractivity (Wildman–Crippen MR) is 62.0 cm³/mol. The molecule has 1 aliphatic rings. The quantitative estimate of drug-likeness (QED) is 0.553. The molecule has 80 valence electrons. The highest BCUT2D eigenvalue weighted by Gasteiger charge is 2.43. The zero-order valence-electron chi connectivity index (χ0n) is 9.36. The molecule has 0 saturated carbocycles. The van der Waals surface area contributed by atoms with Crippen molar-refractivity contribution in [3.8, 4) is 0 Å². The van der Waals surface area contributed by atoms with Crippen LogP contribution in [-0.4, -0.2) is 18.8 Å². The minimum absolute atomic E-state index is 0.0973. The van der Waals surface area contributed by atoms with Gasteiger partial charge in [-0.15, -0.1) is 0 Å². The molecule has 0 aliphatic carbocycles. The molecule has 0 bridgehead atoms. The Morgan fingerprint density at radius 2 is 1.87 bits per heavy atom. The van der Waals surface area contributed by atoms with Gasteiger partial charge in [-0.25, -0.2) is 0 Å². The molecule has 1 unspecified atom stereocenters. The number of benzene rings is 1. The van der Waals surface area contributed by atoms with E-state index in [0.717, 1.165) is 11.2 Å². The molecule has 0 radical (unpaired) electrons. The third kappa shape index (κ3) is 2.01. The summed E-state index contributed by atoms with van der Waals surface area (Å²) in [5.41, 5.74) is 7.16. The first-order valence-corrected chi connectivity index (χ1v) is 5.18. The minimum atomic E-state index is -0.268. The van der Waals surface area contributed by atoms with E-state index in [1.165, 1.54) is 0 Å². The molecule has 2 N–H and O–H groups in total. The molecular formula is C11H16BNO2. The lowest BCUT2D eigenvalue weighted by Gasteiger charge is -2.21. The molecule has 0 amide bonds. The third-order valence-electron chi connectivity index (χ3n) is 2.93. The lowest BCUT2D eigenvalue weighted by Crippen LogP contribution is -2.34. The molecule has 0 spiro atoms. The van der Waals surface area contributed by atoms with Gasteiger partial charge in [0.1, 0.15) is 0 Å². The zero-order valence-corrected chi connectivity index (χ0v) is 9.36. The van der Waals surface area contributed by atoms with Crippen molar-refractivity contribution < 1.29 is 9.31 Å².